The van der Waals surface area contributed by atoms with E-state index in [9.17, 15) is 8.42 Å². The second kappa shape index (κ2) is 6.41. The summed E-state index contributed by atoms with van der Waals surface area (Å²) in [5.74, 6) is 0.672. The van der Waals surface area contributed by atoms with Crippen molar-refractivity contribution in [3.05, 3.63) is 60.2 Å². The summed E-state index contributed by atoms with van der Waals surface area (Å²) in [5, 5.41) is 0.519. The maximum absolute atomic E-state index is 12.2. The summed E-state index contributed by atoms with van der Waals surface area (Å²) in [5.41, 5.74) is 1.28. The van der Waals surface area contributed by atoms with Crippen LogP contribution in [0.3, 0.4) is 0 Å². The van der Waals surface area contributed by atoms with Gasteiger partial charge in [0.1, 0.15) is 11.3 Å². The number of furan rings is 1. The lowest BCUT2D eigenvalue weighted by atomic mass is 10.2. The van der Waals surface area contributed by atoms with Crippen LogP contribution in [-0.4, -0.2) is 15.5 Å². The van der Waals surface area contributed by atoms with E-state index in [1.54, 1.807) is 55.6 Å². The third-order valence-electron chi connectivity index (χ3n) is 3.21. The minimum atomic E-state index is -3.88. The van der Waals surface area contributed by atoms with Crippen molar-refractivity contribution in [1.29, 1.82) is 0 Å². The molecule has 0 aliphatic carbocycles. The Hall–Kier alpha value is -2.35. The van der Waals surface area contributed by atoms with Gasteiger partial charge in [0, 0.05) is 11.5 Å². The van der Waals surface area contributed by atoms with E-state index in [2.05, 4.69) is 4.89 Å². The Bertz CT molecular complexity index is 884. The number of ether oxygens (including phenoxy) is 1. The number of para-hydroxylation sites is 1. The number of hydrogen-bond acceptors (Lipinski definition) is 5. The van der Waals surface area contributed by atoms with Crippen molar-refractivity contribution in [2.24, 2.45) is 0 Å². The van der Waals surface area contributed by atoms with Crippen molar-refractivity contribution < 1.29 is 22.4 Å². The molecule has 23 heavy (non-hydrogen) atoms. The Morgan fingerprint density at radius 2 is 1.91 bits per heavy atom. The Morgan fingerprint density at radius 1 is 1.09 bits per heavy atom. The molecule has 0 spiro atoms. The summed E-state index contributed by atoms with van der Waals surface area (Å²) in [7, 11) is -2.32. The van der Waals surface area contributed by atoms with Crippen LogP contribution in [-0.2, 0) is 21.5 Å². The van der Waals surface area contributed by atoms with E-state index in [4.69, 9.17) is 14.0 Å². The molecule has 0 aliphatic rings. The molecule has 0 bridgehead atoms. The molecular weight excluding hydrogens is 318 g/mol. The Balaban J connectivity index is 1.68. The molecule has 1 heterocycles. The Morgan fingerprint density at radius 3 is 2.70 bits per heavy atom. The van der Waals surface area contributed by atoms with Crippen molar-refractivity contribution in [3.8, 4) is 5.75 Å². The molecule has 0 fully saturated rings. The lowest BCUT2D eigenvalue weighted by molar-refractivity contribution is 0.0784. The largest absolute Gasteiger partial charge is 0.497 e. The SMILES string of the molecule is COc1cccc(CONS(=O)(=O)c2cc3ccccc3o2)c1. The van der Waals surface area contributed by atoms with Gasteiger partial charge in [0.25, 0.3) is 10.0 Å². The fraction of sp³-hybridized carbons (Fsp3) is 0.125. The molecule has 2 aromatic carbocycles. The standard InChI is InChI=1S/C16H15NO5S/c1-20-14-7-4-5-12(9-14)11-21-17-23(18,19)16-10-13-6-2-3-8-15(13)22-16/h2-10,17H,11H2,1H3. The van der Waals surface area contributed by atoms with Crippen LogP contribution < -0.4 is 9.62 Å². The van der Waals surface area contributed by atoms with Crippen molar-refractivity contribution in [1.82, 2.24) is 4.89 Å². The quantitative estimate of drug-likeness (QED) is 0.702. The summed E-state index contributed by atoms with van der Waals surface area (Å²) in [6, 6.07) is 15.7. The normalized spacial score (nSPS) is 11.7. The predicted octanol–water partition coefficient (Wildman–Crippen LogP) is 2.85. The summed E-state index contributed by atoms with van der Waals surface area (Å²) in [6.45, 7) is 0.0661. The van der Waals surface area contributed by atoms with Crippen molar-refractivity contribution in [3.63, 3.8) is 0 Å². The number of rotatable bonds is 6. The van der Waals surface area contributed by atoms with Gasteiger partial charge in [-0.3, -0.25) is 4.84 Å². The molecule has 120 valence electrons. The first-order valence-corrected chi connectivity index (χ1v) is 8.32. The molecule has 1 N–H and O–H groups in total. The minimum Gasteiger partial charge on any atom is -0.497 e. The molecule has 1 aromatic heterocycles. The highest BCUT2D eigenvalue weighted by Gasteiger charge is 2.19. The number of methoxy groups -OCH3 is 1. The van der Waals surface area contributed by atoms with E-state index >= 15 is 0 Å². The molecule has 0 amide bonds. The van der Waals surface area contributed by atoms with Crippen LogP contribution in [0.25, 0.3) is 11.0 Å². The summed E-state index contributed by atoms with van der Waals surface area (Å²) in [4.78, 5) is 7.14. The van der Waals surface area contributed by atoms with Crippen molar-refractivity contribution in [2.45, 2.75) is 11.7 Å². The molecule has 0 unspecified atom stereocenters. The van der Waals surface area contributed by atoms with Gasteiger partial charge in [-0.2, -0.15) is 0 Å². The summed E-state index contributed by atoms with van der Waals surface area (Å²) < 4.78 is 34.7. The maximum atomic E-state index is 12.2. The van der Waals surface area contributed by atoms with E-state index in [1.807, 2.05) is 0 Å². The molecule has 7 heteroatoms. The second-order valence-corrected chi connectivity index (χ2v) is 6.41. The first-order chi connectivity index (χ1) is 11.1. The molecule has 0 atom stereocenters. The number of sulfonamides is 1. The third-order valence-corrected chi connectivity index (χ3v) is 4.28. The number of fused-ring (bicyclic) bond motifs is 1. The van der Waals surface area contributed by atoms with Gasteiger partial charge in [-0.1, -0.05) is 35.2 Å². The monoisotopic (exact) mass is 333 g/mol. The number of benzene rings is 2. The van der Waals surface area contributed by atoms with E-state index in [1.165, 1.54) is 6.07 Å². The second-order valence-electron chi connectivity index (χ2n) is 4.83. The topological polar surface area (TPSA) is 77.8 Å². The van der Waals surface area contributed by atoms with Gasteiger partial charge in [-0.05, 0) is 23.8 Å². The molecule has 0 saturated carbocycles. The van der Waals surface area contributed by atoms with Crippen LogP contribution in [0, 0.1) is 0 Å². The van der Waals surface area contributed by atoms with E-state index < -0.39 is 10.0 Å². The average Bonchev–Trinajstić information content (AvgIpc) is 3.00. The van der Waals surface area contributed by atoms with Crippen LogP contribution >= 0.6 is 0 Å². The fourth-order valence-electron chi connectivity index (χ4n) is 2.08. The maximum Gasteiger partial charge on any atom is 0.295 e. The zero-order valence-corrected chi connectivity index (χ0v) is 13.2. The molecule has 0 radical (unpaired) electrons. The van der Waals surface area contributed by atoms with E-state index in [0.29, 0.717) is 16.7 Å². The summed E-state index contributed by atoms with van der Waals surface area (Å²) >= 11 is 0. The van der Waals surface area contributed by atoms with Gasteiger partial charge in [0.15, 0.2) is 0 Å². The summed E-state index contributed by atoms with van der Waals surface area (Å²) in [6.07, 6.45) is 0. The first kappa shape index (κ1) is 15.5. The third kappa shape index (κ3) is 3.53. The zero-order valence-electron chi connectivity index (χ0n) is 12.4. The highest BCUT2D eigenvalue weighted by Crippen LogP contribution is 2.22. The van der Waals surface area contributed by atoms with Crippen LogP contribution in [0.2, 0.25) is 0 Å². The molecule has 3 rings (SSSR count). The highest BCUT2D eigenvalue weighted by molar-refractivity contribution is 7.89. The highest BCUT2D eigenvalue weighted by atomic mass is 32.2. The number of nitrogens with one attached hydrogen (secondary N) is 1. The molecule has 0 saturated heterocycles. The Kier molecular flexibility index (Phi) is 4.33. The lowest BCUT2D eigenvalue weighted by Crippen LogP contribution is -2.23. The minimum absolute atomic E-state index is 0.0661. The Labute approximate surface area is 133 Å². The van der Waals surface area contributed by atoms with Gasteiger partial charge >= 0.3 is 0 Å². The van der Waals surface area contributed by atoms with Crippen LogP contribution in [0.5, 0.6) is 5.75 Å². The van der Waals surface area contributed by atoms with Crippen LogP contribution in [0.15, 0.2) is 64.1 Å². The molecule has 3 aromatic rings. The lowest BCUT2D eigenvalue weighted by Gasteiger charge is -2.06. The smallest absolute Gasteiger partial charge is 0.295 e. The van der Waals surface area contributed by atoms with E-state index in [0.717, 1.165) is 5.56 Å². The van der Waals surface area contributed by atoms with Crippen LogP contribution in [0.4, 0.5) is 0 Å². The average molecular weight is 333 g/mol. The predicted molar refractivity (Wildman–Crippen MR) is 84.3 cm³/mol. The van der Waals surface area contributed by atoms with Gasteiger partial charge < -0.3 is 9.15 Å². The first-order valence-electron chi connectivity index (χ1n) is 6.83. The van der Waals surface area contributed by atoms with Crippen LogP contribution in [0.1, 0.15) is 5.56 Å². The van der Waals surface area contributed by atoms with E-state index in [-0.39, 0.29) is 11.7 Å². The molecular formula is C16H15NO5S. The number of hydrogen-bond donors (Lipinski definition) is 1. The van der Waals surface area contributed by atoms with Gasteiger partial charge in [0.05, 0.1) is 13.7 Å². The van der Waals surface area contributed by atoms with Crippen molar-refractivity contribution in [2.75, 3.05) is 7.11 Å². The molecule has 0 aliphatic heterocycles. The fourth-order valence-corrected chi connectivity index (χ4v) is 2.86. The van der Waals surface area contributed by atoms with Gasteiger partial charge in [-0.15, -0.1) is 0 Å². The van der Waals surface area contributed by atoms with Crippen molar-refractivity contribution >= 4 is 21.0 Å². The van der Waals surface area contributed by atoms with Gasteiger partial charge in [-0.25, -0.2) is 8.42 Å². The molecule has 6 nitrogen and oxygen atoms in total. The van der Waals surface area contributed by atoms with Gasteiger partial charge in [0.2, 0.25) is 5.09 Å². The zero-order chi connectivity index (χ0) is 16.3.